The molecule has 2 aliphatic rings. The van der Waals surface area contributed by atoms with Gasteiger partial charge in [-0.15, -0.1) is 5.10 Å². The molecule has 0 amide bonds. The van der Waals surface area contributed by atoms with Crippen LogP contribution in [0.5, 0.6) is 0 Å². The zero-order chi connectivity index (χ0) is 21.1. The predicted molar refractivity (Wildman–Crippen MR) is 116 cm³/mol. The molecule has 0 spiro atoms. The highest BCUT2D eigenvalue weighted by Gasteiger charge is 2.35. The lowest BCUT2D eigenvalue weighted by Crippen LogP contribution is -2.52. The highest BCUT2D eigenvalue weighted by Crippen LogP contribution is 2.32. The lowest BCUT2D eigenvalue weighted by atomic mass is 9.93. The highest BCUT2D eigenvalue weighted by atomic mass is 19.1. The molecule has 0 bridgehead atoms. The standard InChI is InChI=1S/C23H35FN6/c1-4-23(2,3)30-22(25-26-27-30)21(18-10-12-19(24)13-11-18)29-16-14-28(15-17-29)20-8-6-5-7-9-20/h10-13,20-21H,4-9,14-17H2,1-3H3/t21-/m0/s1. The van der Waals surface area contributed by atoms with Crippen molar-refractivity contribution in [3.8, 4) is 0 Å². The molecule has 164 valence electrons. The first kappa shape index (κ1) is 21.4. The second kappa shape index (κ2) is 9.10. The molecule has 2 heterocycles. The predicted octanol–water partition coefficient (Wildman–Crippen LogP) is 4.00. The fraction of sp³-hybridized carbons (Fsp3) is 0.696. The topological polar surface area (TPSA) is 50.1 Å². The average Bonchev–Trinajstić information content (AvgIpc) is 3.27. The first-order chi connectivity index (χ1) is 14.5. The number of aromatic nitrogens is 4. The smallest absolute Gasteiger partial charge is 0.173 e. The Labute approximate surface area is 179 Å². The molecular weight excluding hydrogens is 379 g/mol. The third-order valence-corrected chi connectivity index (χ3v) is 7.17. The molecule has 6 nitrogen and oxygen atoms in total. The van der Waals surface area contributed by atoms with Gasteiger partial charge < -0.3 is 0 Å². The van der Waals surface area contributed by atoms with E-state index in [1.165, 1.54) is 32.1 Å². The summed E-state index contributed by atoms with van der Waals surface area (Å²) in [6.45, 7) is 10.6. The first-order valence-electron chi connectivity index (χ1n) is 11.5. The summed E-state index contributed by atoms with van der Waals surface area (Å²) >= 11 is 0. The van der Waals surface area contributed by atoms with Crippen molar-refractivity contribution in [1.29, 1.82) is 0 Å². The van der Waals surface area contributed by atoms with Gasteiger partial charge >= 0.3 is 0 Å². The Bertz CT molecular complexity index is 803. The van der Waals surface area contributed by atoms with E-state index in [4.69, 9.17) is 0 Å². The Morgan fingerprint density at radius 1 is 1.03 bits per heavy atom. The third kappa shape index (κ3) is 4.42. The largest absolute Gasteiger partial charge is 0.298 e. The minimum absolute atomic E-state index is 0.0695. The van der Waals surface area contributed by atoms with Gasteiger partial charge in [0.15, 0.2) is 5.82 Å². The van der Waals surface area contributed by atoms with Crippen LogP contribution in [-0.2, 0) is 5.54 Å². The maximum Gasteiger partial charge on any atom is 0.173 e. The molecule has 0 N–H and O–H groups in total. The van der Waals surface area contributed by atoms with Crippen LogP contribution in [0.15, 0.2) is 24.3 Å². The number of halogens is 1. The van der Waals surface area contributed by atoms with E-state index in [0.717, 1.165) is 50.0 Å². The van der Waals surface area contributed by atoms with E-state index in [9.17, 15) is 4.39 Å². The van der Waals surface area contributed by atoms with E-state index in [0.29, 0.717) is 0 Å². The van der Waals surface area contributed by atoms with E-state index in [-0.39, 0.29) is 17.4 Å². The maximum atomic E-state index is 13.6. The van der Waals surface area contributed by atoms with Crippen LogP contribution < -0.4 is 0 Å². The molecule has 1 aliphatic carbocycles. The van der Waals surface area contributed by atoms with Crippen molar-refractivity contribution < 1.29 is 4.39 Å². The highest BCUT2D eigenvalue weighted by molar-refractivity contribution is 5.26. The lowest BCUT2D eigenvalue weighted by molar-refractivity contribution is 0.0605. The number of hydrogen-bond donors (Lipinski definition) is 0. The normalized spacial score (nSPS) is 21.1. The van der Waals surface area contributed by atoms with E-state index < -0.39 is 0 Å². The molecule has 7 heteroatoms. The molecule has 1 saturated carbocycles. The SMILES string of the molecule is CCC(C)(C)n1nnnc1[C@H](c1ccc(F)cc1)N1CCN(C2CCCCC2)CC1. The maximum absolute atomic E-state index is 13.6. The number of nitrogens with zero attached hydrogens (tertiary/aromatic N) is 6. The van der Waals surface area contributed by atoms with Gasteiger partial charge in [-0.25, -0.2) is 9.07 Å². The van der Waals surface area contributed by atoms with Crippen molar-refractivity contribution in [2.24, 2.45) is 0 Å². The molecule has 2 aromatic rings. The van der Waals surface area contributed by atoms with Gasteiger partial charge in [0, 0.05) is 32.2 Å². The molecule has 1 aromatic heterocycles. The van der Waals surface area contributed by atoms with Gasteiger partial charge in [-0.1, -0.05) is 38.3 Å². The molecule has 1 atom stereocenters. The van der Waals surface area contributed by atoms with Gasteiger partial charge in [-0.05, 0) is 61.2 Å². The van der Waals surface area contributed by atoms with Gasteiger partial charge in [0.05, 0.1) is 11.6 Å². The monoisotopic (exact) mass is 414 g/mol. The summed E-state index contributed by atoms with van der Waals surface area (Å²) in [5, 5.41) is 12.9. The van der Waals surface area contributed by atoms with E-state index >= 15 is 0 Å². The number of tetrazole rings is 1. The van der Waals surface area contributed by atoms with Crippen molar-refractivity contribution in [3.05, 3.63) is 41.5 Å². The fourth-order valence-corrected chi connectivity index (χ4v) is 4.92. The van der Waals surface area contributed by atoms with Gasteiger partial charge in [0.25, 0.3) is 0 Å². The number of piperazine rings is 1. The van der Waals surface area contributed by atoms with Crippen LogP contribution in [0.4, 0.5) is 4.39 Å². The molecule has 0 radical (unpaired) electrons. The summed E-state index contributed by atoms with van der Waals surface area (Å²) in [5.41, 5.74) is 0.867. The average molecular weight is 415 g/mol. The van der Waals surface area contributed by atoms with Crippen molar-refractivity contribution >= 4 is 0 Å². The molecule has 1 aliphatic heterocycles. The second-order valence-electron chi connectivity index (χ2n) is 9.43. The molecule has 1 saturated heterocycles. The van der Waals surface area contributed by atoms with Crippen LogP contribution in [0.3, 0.4) is 0 Å². The Morgan fingerprint density at radius 3 is 2.33 bits per heavy atom. The molecule has 30 heavy (non-hydrogen) atoms. The van der Waals surface area contributed by atoms with Gasteiger partial charge in [-0.2, -0.15) is 0 Å². The van der Waals surface area contributed by atoms with Crippen LogP contribution in [0, 0.1) is 5.82 Å². The molecular formula is C23H35FN6. The number of hydrogen-bond acceptors (Lipinski definition) is 5. The zero-order valence-corrected chi connectivity index (χ0v) is 18.6. The number of rotatable bonds is 6. The van der Waals surface area contributed by atoms with E-state index in [1.54, 1.807) is 12.1 Å². The fourth-order valence-electron chi connectivity index (χ4n) is 4.92. The van der Waals surface area contributed by atoms with Crippen molar-refractivity contribution in [2.75, 3.05) is 26.2 Å². The van der Waals surface area contributed by atoms with Crippen LogP contribution in [0.25, 0.3) is 0 Å². The van der Waals surface area contributed by atoms with Gasteiger partial charge in [-0.3, -0.25) is 9.80 Å². The van der Waals surface area contributed by atoms with Crippen molar-refractivity contribution in [2.45, 2.75) is 76.9 Å². The summed E-state index contributed by atoms with van der Waals surface area (Å²) in [4.78, 5) is 5.15. The summed E-state index contributed by atoms with van der Waals surface area (Å²) < 4.78 is 15.6. The Balaban J connectivity index is 1.60. The first-order valence-corrected chi connectivity index (χ1v) is 11.5. The zero-order valence-electron chi connectivity index (χ0n) is 18.6. The third-order valence-electron chi connectivity index (χ3n) is 7.17. The number of benzene rings is 1. The molecule has 0 unspecified atom stereocenters. The van der Waals surface area contributed by atoms with Crippen LogP contribution in [-0.4, -0.2) is 62.2 Å². The van der Waals surface area contributed by atoms with Crippen LogP contribution in [0.1, 0.15) is 76.7 Å². The minimum Gasteiger partial charge on any atom is -0.298 e. The lowest BCUT2D eigenvalue weighted by Gasteiger charge is -2.43. The summed E-state index contributed by atoms with van der Waals surface area (Å²) in [6.07, 6.45) is 7.72. The Hall–Kier alpha value is -1.86. The Kier molecular flexibility index (Phi) is 6.48. The molecule has 2 fully saturated rings. The Morgan fingerprint density at radius 2 is 1.70 bits per heavy atom. The second-order valence-corrected chi connectivity index (χ2v) is 9.43. The van der Waals surface area contributed by atoms with Crippen LogP contribution in [0.2, 0.25) is 0 Å². The van der Waals surface area contributed by atoms with Gasteiger partial charge in [0.2, 0.25) is 0 Å². The summed E-state index contributed by atoms with van der Waals surface area (Å²) in [7, 11) is 0. The van der Waals surface area contributed by atoms with Crippen LogP contribution >= 0.6 is 0 Å². The molecule has 1 aromatic carbocycles. The van der Waals surface area contributed by atoms with Gasteiger partial charge in [0.1, 0.15) is 5.82 Å². The van der Waals surface area contributed by atoms with Crippen molar-refractivity contribution in [3.63, 3.8) is 0 Å². The summed E-state index contributed by atoms with van der Waals surface area (Å²) in [6, 6.07) is 7.52. The molecule has 4 rings (SSSR count). The quantitative estimate of drug-likeness (QED) is 0.715. The van der Waals surface area contributed by atoms with E-state index in [2.05, 4.69) is 46.1 Å². The van der Waals surface area contributed by atoms with Crippen molar-refractivity contribution in [1.82, 2.24) is 30.0 Å². The minimum atomic E-state index is -0.215. The van der Waals surface area contributed by atoms with E-state index in [1.807, 2.05) is 16.8 Å². The summed E-state index contributed by atoms with van der Waals surface area (Å²) in [5.74, 6) is 0.632.